The Morgan fingerprint density at radius 3 is 2.76 bits per heavy atom. The Bertz CT molecular complexity index is 1410. The highest BCUT2D eigenvalue weighted by Crippen LogP contribution is 2.35. The number of aromatic nitrogens is 3. The fraction of sp³-hybridized carbons (Fsp3) is 0.385. The number of anilines is 1. The lowest BCUT2D eigenvalue weighted by Crippen LogP contribution is -2.43. The van der Waals surface area contributed by atoms with Gasteiger partial charge in [0.15, 0.2) is 17.4 Å². The molecular weight excluding hydrogens is 494 g/mol. The first-order valence-corrected chi connectivity index (χ1v) is 12.6. The molecule has 2 aliphatic heterocycles. The van der Waals surface area contributed by atoms with Crippen molar-refractivity contribution in [3.8, 4) is 11.6 Å². The molecule has 1 saturated heterocycles. The highest BCUT2D eigenvalue weighted by Gasteiger charge is 2.27. The van der Waals surface area contributed by atoms with Gasteiger partial charge < -0.3 is 30.2 Å². The monoisotopic (exact) mass is 524 g/mol. The van der Waals surface area contributed by atoms with Gasteiger partial charge in [-0.2, -0.15) is 0 Å². The molecule has 38 heavy (non-hydrogen) atoms. The van der Waals surface area contributed by atoms with Gasteiger partial charge in [0.2, 0.25) is 5.88 Å². The number of fused-ring (bicyclic) bond motifs is 1. The molecule has 3 N–H and O–H groups in total. The number of nitrogens with one attached hydrogen (secondary N) is 3. The Labute approximate surface area is 218 Å². The first-order valence-electron chi connectivity index (χ1n) is 12.6. The SMILES string of the molecule is CCN(C)C(=O)c1c(NC2CC=C(N3CCNCC3)C=N2)ncnc1Oc1cc(F)c2[nH]c(C)cc2c1F. The maximum atomic E-state index is 15.3. The lowest BCUT2D eigenvalue weighted by Gasteiger charge is -2.31. The van der Waals surface area contributed by atoms with Gasteiger partial charge in [-0.3, -0.25) is 9.79 Å². The van der Waals surface area contributed by atoms with E-state index < -0.39 is 17.5 Å². The van der Waals surface area contributed by atoms with Gasteiger partial charge in [-0.1, -0.05) is 6.08 Å². The number of carbonyl (C=O) groups is 1. The van der Waals surface area contributed by atoms with Gasteiger partial charge in [0, 0.05) is 69.6 Å². The summed E-state index contributed by atoms with van der Waals surface area (Å²) in [5.74, 6) is -2.24. The van der Waals surface area contributed by atoms with Crippen LogP contribution < -0.4 is 15.4 Å². The summed E-state index contributed by atoms with van der Waals surface area (Å²) < 4.78 is 35.7. The van der Waals surface area contributed by atoms with Crippen molar-refractivity contribution in [1.29, 1.82) is 0 Å². The minimum absolute atomic E-state index is 0.00841. The van der Waals surface area contributed by atoms with Crippen LogP contribution in [-0.2, 0) is 0 Å². The van der Waals surface area contributed by atoms with Gasteiger partial charge in [-0.25, -0.2) is 18.7 Å². The molecule has 0 aliphatic carbocycles. The van der Waals surface area contributed by atoms with Crippen molar-refractivity contribution in [3.63, 3.8) is 0 Å². The van der Waals surface area contributed by atoms with Crippen LogP contribution in [0.5, 0.6) is 11.6 Å². The number of amides is 1. The number of aryl methyl sites for hydroxylation is 1. The second-order valence-corrected chi connectivity index (χ2v) is 9.28. The predicted octanol–water partition coefficient (Wildman–Crippen LogP) is 3.43. The molecule has 10 nitrogen and oxygen atoms in total. The van der Waals surface area contributed by atoms with E-state index in [1.165, 1.54) is 17.3 Å². The zero-order chi connectivity index (χ0) is 26.8. The molecule has 4 heterocycles. The summed E-state index contributed by atoms with van der Waals surface area (Å²) in [4.78, 5) is 32.9. The van der Waals surface area contributed by atoms with E-state index in [1.807, 2.05) is 13.1 Å². The number of halogens is 2. The fourth-order valence-electron chi connectivity index (χ4n) is 4.50. The van der Waals surface area contributed by atoms with E-state index >= 15 is 4.39 Å². The second-order valence-electron chi connectivity index (χ2n) is 9.28. The minimum Gasteiger partial charge on any atom is -0.435 e. The number of aromatic amines is 1. The Balaban J connectivity index is 1.45. The van der Waals surface area contributed by atoms with Crippen molar-refractivity contribution in [1.82, 2.24) is 30.1 Å². The van der Waals surface area contributed by atoms with Crippen LogP contribution in [0, 0.1) is 18.6 Å². The third-order valence-electron chi connectivity index (χ3n) is 6.68. The molecule has 12 heteroatoms. The fourth-order valence-corrected chi connectivity index (χ4v) is 4.50. The Kier molecular flexibility index (Phi) is 7.23. The molecule has 1 unspecified atom stereocenters. The quantitative estimate of drug-likeness (QED) is 0.434. The molecule has 2 aliphatic rings. The number of ether oxygens (including phenoxy) is 1. The molecule has 2 aromatic heterocycles. The molecular formula is C26H30F2N8O2. The lowest BCUT2D eigenvalue weighted by atomic mass is 10.2. The maximum Gasteiger partial charge on any atom is 0.262 e. The van der Waals surface area contributed by atoms with Crippen molar-refractivity contribution in [2.24, 2.45) is 4.99 Å². The molecule has 0 saturated carbocycles. The predicted molar refractivity (Wildman–Crippen MR) is 141 cm³/mol. The standard InChI is InChI=1S/C26H30F2N8O2/c1-4-35(3)26(37)21-24(34-20-6-5-16(13-30-20)36-9-7-29-8-10-36)31-14-32-25(21)38-19-12-18(27)23-17(22(19)28)11-15(2)33-23/h5,11-14,20,29,33H,4,6-10H2,1-3H3,(H,31,32,34). The summed E-state index contributed by atoms with van der Waals surface area (Å²) in [6, 6.07) is 2.43. The van der Waals surface area contributed by atoms with Crippen molar-refractivity contribution in [2.45, 2.75) is 26.4 Å². The molecule has 0 bridgehead atoms. The Hall–Kier alpha value is -4.06. The lowest BCUT2D eigenvalue weighted by molar-refractivity contribution is 0.0799. The van der Waals surface area contributed by atoms with Crippen LogP contribution >= 0.6 is 0 Å². The zero-order valence-corrected chi connectivity index (χ0v) is 21.5. The van der Waals surface area contributed by atoms with Crippen molar-refractivity contribution in [2.75, 3.05) is 45.1 Å². The summed E-state index contributed by atoms with van der Waals surface area (Å²) in [6.07, 6.45) is 5.33. The van der Waals surface area contributed by atoms with Crippen LogP contribution in [-0.4, -0.2) is 82.8 Å². The number of piperazine rings is 1. The summed E-state index contributed by atoms with van der Waals surface area (Å²) in [7, 11) is 1.62. The van der Waals surface area contributed by atoms with Gasteiger partial charge >= 0.3 is 0 Å². The number of nitrogens with zero attached hydrogens (tertiary/aromatic N) is 5. The van der Waals surface area contributed by atoms with Crippen LogP contribution in [0.4, 0.5) is 14.6 Å². The second kappa shape index (κ2) is 10.7. The van der Waals surface area contributed by atoms with Crippen LogP contribution in [0.25, 0.3) is 10.9 Å². The summed E-state index contributed by atoms with van der Waals surface area (Å²) in [6.45, 7) is 7.60. The molecule has 1 atom stereocenters. The summed E-state index contributed by atoms with van der Waals surface area (Å²) in [5, 5.41) is 6.57. The summed E-state index contributed by atoms with van der Waals surface area (Å²) in [5.41, 5.74) is 1.72. The molecule has 200 valence electrons. The van der Waals surface area contributed by atoms with Gasteiger partial charge in [-0.05, 0) is 19.9 Å². The third-order valence-corrected chi connectivity index (χ3v) is 6.68. The number of benzene rings is 1. The van der Waals surface area contributed by atoms with Crippen LogP contribution in [0.3, 0.4) is 0 Å². The highest BCUT2D eigenvalue weighted by atomic mass is 19.1. The van der Waals surface area contributed by atoms with E-state index in [0.29, 0.717) is 18.7 Å². The first kappa shape index (κ1) is 25.6. The van der Waals surface area contributed by atoms with Crippen molar-refractivity contribution >= 4 is 28.8 Å². The number of hydrogen-bond donors (Lipinski definition) is 3. The maximum absolute atomic E-state index is 15.3. The van der Waals surface area contributed by atoms with Gasteiger partial charge in [0.1, 0.15) is 23.9 Å². The minimum atomic E-state index is -0.761. The summed E-state index contributed by atoms with van der Waals surface area (Å²) >= 11 is 0. The van der Waals surface area contributed by atoms with E-state index in [9.17, 15) is 9.18 Å². The first-order chi connectivity index (χ1) is 18.4. The number of carbonyl (C=O) groups excluding carboxylic acids is 1. The van der Waals surface area contributed by atoms with E-state index in [0.717, 1.165) is 37.9 Å². The molecule has 0 radical (unpaired) electrons. The topological polar surface area (TPSA) is 111 Å². The number of dihydropyridines is 1. The molecule has 0 spiro atoms. The van der Waals surface area contributed by atoms with Gasteiger partial charge in [0.25, 0.3) is 5.91 Å². The molecule has 1 amide bonds. The number of allylic oxidation sites excluding steroid dienone is 1. The highest BCUT2D eigenvalue weighted by molar-refractivity contribution is 6.01. The average molecular weight is 525 g/mol. The molecule has 5 rings (SSSR count). The van der Waals surface area contributed by atoms with Crippen molar-refractivity contribution < 1.29 is 18.3 Å². The normalized spacial score (nSPS) is 17.4. The van der Waals surface area contributed by atoms with E-state index in [4.69, 9.17) is 4.74 Å². The van der Waals surface area contributed by atoms with Crippen LogP contribution in [0.2, 0.25) is 0 Å². The molecule has 1 fully saturated rings. The number of hydrogen-bond acceptors (Lipinski definition) is 8. The van der Waals surface area contributed by atoms with E-state index in [-0.39, 0.29) is 40.1 Å². The molecule has 1 aromatic carbocycles. The number of aliphatic imine (C=N–C) groups is 1. The van der Waals surface area contributed by atoms with Gasteiger partial charge in [-0.15, -0.1) is 0 Å². The smallest absolute Gasteiger partial charge is 0.262 e. The largest absolute Gasteiger partial charge is 0.435 e. The average Bonchev–Trinajstić information content (AvgIpc) is 3.34. The van der Waals surface area contributed by atoms with E-state index in [1.54, 1.807) is 14.0 Å². The van der Waals surface area contributed by atoms with E-state index in [2.05, 4.69) is 41.6 Å². The Morgan fingerprint density at radius 2 is 2.05 bits per heavy atom. The zero-order valence-electron chi connectivity index (χ0n) is 21.5. The molecule has 3 aromatic rings. The van der Waals surface area contributed by atoms with Gasteiger partial charge in [0.05, 0.1) is 11.2 Å². The number of H-pyrrole nitrogens is 1. The third kappa shape index (κ3) is 5.03. The van der Waals surface area contributed by atoms with Crippen LogP contribution in [0.15, 0.2) is 35.2 Å². The van der Waals surface area contributed by atoms with Crippen LogP contribution in [0.1, 0.15) is 29.4 Å². The Morgan fingerprint density at radius 1 is 1.26 bits per heavy atom. The number of rotatable bonds is 7. The van der Waals surface area contributed by atoms with Crippen molar-refractivity contribution in [3.05, 3.63) is 53.1 Å².